The van der Waals surface area contributed by atoms with E-state index in [1.54, 1.807) is 0 Å². The summed E-state index contributed by atoms with van der Waals surface area (Å²) in [4.78, 5) is 13.1. The van der Waals surface area contributed by atoms with E-state index >= 15 is 0 Å². The standard InChI is InChI=1S/C22H25N5O.ClH/c1-16-20(25-26-27(16)19-12-14-23-15-13-19)22(28)24-21(17-8-4-2-5-9-17)18-10-6-3-7-11-18;/h2-11,19,21,23H,12-15H2,1H3,(H,24,28);1H. The summed E-state index contributed by atoms with van der Waals surface area (Å²) in [5.74, 6) is -0.199. The maximum absolute atomic E-state index is 13.1. The van der Waals surface area contributed by atoms with Crippen molar-refractivity contribution in [3.8, 4) is 0 Å². The molecule has 2 aromatic carbocycles. The maximum Gasteiger partial charge on any atom is 0.274 e. The van der Waals surface area contributed by atoms with E-state index in [2.05, 4.69) is 20.9 Å². The van der Waals surface area contributed by atoms with Crippen molar-refractivity contribution in [1.29, 1.82) is 0 Å². The van der Waals surface area contributed by atoms with Crippen molar-refractivity contribution in [3.63, 3.8) is 0 Å². The first kappa shape index (κ1) is 21.0. The zero-order valence-electron chi connectivity index (χ0n) is 16.4. The molecule has 29 heavy (non-hydrogen) atoms. The largest absolute Gasteiger partial charge is 0.340 e. The summed E-state index contributed by atoms with van der Waals surface area (Å²) in [6.07, 6.45) is 2.00. The number of aromatic nitrogens is 3. The van der Waals surface area contributed by atoms with Gasteiger partial charge in [-0.15, -0.1) is 17.5 Å². The zero-order chi connectivity index (χ0) is 19.3. The molecule has 0 spiro atoms. The molecule has 7 heteroatoms. The number of benzene rings is 2. The lowest BCUT2D eigenvalue weighted by atomic mass is 9.98. The minimum Gasteiger partial charge on any atom is -0.340 e. The molecular weight excluding hydrogens is 386 g/mol. The predicted molar refractivity (Wildman–Crippen MR) is 115 cm³/mol. The first-order valence-corrected chi connectivity index (χ1v) is 9.77. The Kier molecular flexibility index (Phi) is 7.01. The fraction of sp³-hybridized carbons (Fsp3) is 0.318. The molecule has 3 aromatic rings. The summed E-state index contributed by atoms with van der Waals surface area (Å²) in [6, 6.07) is 20.0. The van der Waals surface area contributed by atoms with Crippen LogP contribution in [-0.2, 0) is 0 Å². The molecule has 4 rings (SSSR count). The zero-order valence-corrected chi connectivity index (χ0v) is 17.2. The molecule has 0 atom stereocenters. The number of nitrogens with zero attached hydrogens (tertiary/aromatic N) is 3. The number of carbonyl (C=O) groups is 1. The molecule has 0 saturated carbocycles. The van der Waals surface area contributed by atoms with Crippen molar-refractivity contribution in [2.45, 2.75) is 31.8 Å². The predicted octanol–water partition coefficient (Wildman–Crippen LogP) is 3.45. The van der Waals surface area contributed by atoms with Crippen LogP contribution in [0.4, 0.5) is 0 Å². The molecule has 1 aliphatic rings. The van der Waals surface area contributed by atoms with Crippen molar-refractivity contribution < 1.29 is 4.79 Å². The van der Waals surface area contributed by atoms with E-state index in [1.807, 2.05) is 72.3 Å². The quantitative estimate of drug-likeness (QED) is 0.674. The van der Waals surface area contributed by atoms with Crippen LogP contribution in [0.15, 0.2) is 60.7 Å². The highest BCUT2D eigenvalue weighted by Gasteiger charge is 2.25. The van der Waals surface area contributed by atoms with E-state index < -0.39 is 0 Å². The minimum atomic E-state index is -0.238. The Balaban J connectivity index is 0.00000240. The third-order valence-electron chi connectivity index (χ3n) is 5.34. The van der Waals surface area contributed by atoms with Gasteiger partial charge in [0, 0.05) is 0 Å². The van der Waals surface area contributed by atoms with Gasteiger partial charge >= 0.3 is 0 Å². The van der Waals surface area contributed by atoms with Gasteiger partial charge in [0.05, 0.1) is 17.8 Å². The number of rotatable bonds is 5. The van der Waals surface area contributed by atoms with Crippen molar-refractivity contribution in [2.75, 3.05) is 13.1 Å². The number of hydrogen-bond donors (Lipinski definition) is 2. The summed E-state index contributed by atoms with van der Waals surface area (Å²) < 4.78 is 1.91. The second-order valence-electron chi connectivity index (χ2n) is 7.18. The third-order valence-corrected chi connectivity index (χ3v) is 5.34. The second kappa shape index (κ2) is 9.67. The highest BCUT2D eigenvalue weighted by atomic mass is 35.5. The Morgan fingerprint density at radius 2 is 1.59 bits per heavy atom. The average molecular weight is 412 g/mol. The Bertz CT molecular complexity index is 883. The second-order valence-corrected chi connectivity index (χ2v) is 7.18. The molecular formula is C22H26ClN5O. The molecule has 1 amide bonds. The van der Waals surface area contributed by atoms with Gasteiger partial charge in [-0.25, -0.2) is 4.68 Å². The van der Waals surface area contributed by atoms with E-state index in [4.69, 9.17) is 0 Å². The number of piperidine rings is 1. The van der Waals surface area contributed by atoms with Crippen molar-refractivity contribution in [3.05, 3.63) is 83.2 Å². The molecule has 0 bridgehead atoms. The van der Waals surface area contributed by atoms with Crippen LogP contribution in [0.1, 0.15) is 52.2 Å². The van der Waals surface area contributed by atoms with Crippen LogP contribution in [0.5, 0.6) is 0 Å². The molecule has 1 fully saturated rings. The van der Waals surface area contributed by atoms with Gasteiger partial charge in [0.15, 0.2) is 5.69 Å². The highest BCUT2D eigenvalue weighted by molar-refractivity contribution is 5.93. The molecule has 2 N–H and O–H groups in total. The fourth-order valence-electron chi connectivity index (χ4n) is 3.80. The van der Waals surface area contributed by atoms with Crippen molar-refractivity contribution in [1.82, 2.24) is 25.6 Å². The lowest BCUT2D eigenvalue weighted by molar-refractivity contribution is 0.0937. The number of halogens is 1. The van der Waals surface area contributed by atoms with Crippen LogP contribution < -0.4 is 10.6 Å². The Morgan fingerprint density at radius 1 is 1.03 bits per heavy atom. The van der Waals surface area contributed by atoms with Crippen LogP contribution in [-0.4, -0.2) is 34.0 Å². The smallest absolute Gasteiger partial charge is 0.274 e. The van der Waals surface area contributed by atoms with Crippen LogP contribution in [0.3, 0.4) is 0 Å². The molecule has 2 heterocycles. The van der Waals surface area contributed by atoms with Gasteiger partial charge in [0.2, 0.25) is 0 Å². The van der Waals surface area contributed by atoms with Gasteiger partial charge in [-0.2, -0.15) is 0 Å². The molecule has 1 saturated heterocycles. The molecule has 0 aliphatic carbocycles. The summed E-state index contributed by atoms with van der Waals surface area (Å²) in [5.41, 5.74) is 3.29. The Hall–Kier alpha value is -2.70. The van der Waals surface area contributed by atoms with Crippen molar-refractivity contribution in [2.24, 2.45) is 0 Å². The molecule has 0 radical (unpaired) electrons. The van der Waals surface area contributed by atoms with E-state index in [9.17, 15) is 4.79 Å². The number of nitrogens with one attached hydrogen (secondary N) is 2. The number of hydrogen-bond acceptors (Lipinski definition) is 4. The van der Waals surface area contributed by atoms with Gasteiger partial charge in [-0.1, -0.05) is 65.9 Å². The summed E-state index contributed by atoms with van der Waals surface area (Å²) in [7, 11) is 0. The van der Waals surface area contributed by atoms with E-state index in [0.717, 1.165) is 42.8 Å². The normalized spacial score (nSPS) is 14.4. The first-order chi connectivity index (χ1) is 13.7. The lowest BCUT2D eigenvalue weighted by Gasteiger charge is -2.23. The van der Waals surface area contributed by atoms with Crippen LogP contribution in [0.25, 0.3) is 0 Å². The van der Waals surface area contributed by atoms with E-state index in [0.29, 0.717) is 11.7 Å². The molecule has 0 unspecified atom stereocenters. The monoisotopic (exact) mass is 411 g/mol. The van der Waals surface area contributed by atoms with E-state index in [1.165, 1.54) is 0 Å². The molecule has 1 aromatic heterocycles. The minimum absolute atomic E-state index is 0. The maximum atomic E-state index is 13.1. The number of amides is 1. The van der Waals surface area contributed by atoms with Crippen molar-refractivity contribution >= 4 is 18.3 Å². The fourth-order valence-corrected chi connectivity index (χ4v) is 3.80. The van der Waals surface area contributed by atoms with Crippen LogP contribution in [0, 0.1) is 6.92 Å². The SMILES string of the molecule is Cc1c(C(=O)NC(c2ccccc2)c2ccccc2)nnn1C1CCNCC1.Cl. The van der Waals surface area contributed by atoms with Gasteiger partial charge in [0.1, 0.15) is 0 Å². The lowest BCUT2D eigenvalue weighted by Crippen LogP contribution is -2.31. The summed E-state index contributed by atoms with van der Waals surface area (Å²) in [6.45, 7) is 3.86. The third kappa shape index (κ3) is 4.66. The van der Waals surface area contributed by atoms with Gasteiger partial charge in [-0.05, 0) is 44.0 Å². The average Bonchev–Trinajstić information content (AvgIpc) is 3.15. The van der Waals surface area contributed by atoms with Crippen LogP contribution in [0.2, 0.25) is 0 Å². The highest BCUT2D eigenvalue weighted by Crippen LogP contribution is 2.24. The topological polar surface area (TPSA) is 71.8 Å². The Labute approximate surface area is 177 Å². The van der Waals surface area contributed by atoms with Gasteiger partial charge in [0.25, 0.3) is 5.91 Å². The molecule has 1 aliphatic heterocycles. The van der Waals surface area contributed by atoms with Gasteiger partial charge < -0.3 is 10.6 Å². The molecule has 152 valence electrons. The Morgan fingerprint density at radius 3 is 2.14 bits per heavy atom. The summed E-state index contributed by atoms with van der Waals surface area (Å²) >= 11 is 0. The van der Waals surface area contributed by atoms with Gasteiger partial charge in [-0.3, -0.25) is 4.79 Å². The number of carbonyl (C=O) groups excluding carboxylic acids is 1. The first-order valence-electron chi connectivity index (χ1n) is 9.77. The summed E-state index contributed by atoms with van der Waals surface area (Å²) in [5, 5.41) is 15.0. The van der Waals surface area contributed by atoms with Crippen LogP contribution >= 0.6 is 12.4 Å². The molecule has 6 nitrogen and oxygen atoms in total. The van der Waals surface area contributed by atoms with E-state index in [-0.39, 0.29) is 24.4 Å².